The van der Waals surface area contributed by atoms with Gasteiger partial charge in [-0.25, -0.2) is 10.4 Å². The van der Waals surface area contributed by atoms with Crippen LogP contribution in [0.4, 0.5) is 5.95 Å². The van der Waals surface area contributed by atoms with Crippen molar-refractivity contribution in [3.63, 3.8) is 0 Å². The summed E-state index contributed by atoms with van der Waals surface area (Å²) < 4.78 is 12.3. The van der Waals surface area contributed by atoms with Crippen LogP contribution >= 0.6 is 31.9 Å². The van der Waals surface area contributed by atoms with Crippen molar-refractivity contribution in [1.29, 1.82) is 10.5 Å². The average Bonchev–Trinajstić information content (AvgIpc) is 2.82. The molecule has 1 heterocycles. The highest BCUT2D eigenvalue weighted by atomic mass is 79.9. The van der Waals surface area contributed by atoms with E-state index in [1.165, 1.54) is 6.21 Å². The van der Waals surface area contributed by atoms with Crippen LogP contribution in [0.5, 0.6) is 11.5 Å². The van der Waals surface area contributed by atoms with E-state index in [1.807, 2.05) is 25.1 Å². The molecule has 0 aliphatic carbocycles. The van der Waals surface area contributed by atoms with Crippen LogP contribution in [0.15, 0.2) is 55.2 Å². The normalized spacial score (nSPS) is 10.5. The highest BCUT2D eigenvalue weighted by molar-refractivity contribution is 9.13. The highest BCUT2D eigenvalue weighted by Crippen LogP contribution is 2.42. The number of nitriles is 2. The van der Waals surface area contributed by atoms with Crippen molar-refractivity contribution in [3.8, 4) is 34.9 Å². The second kappa shape index (κ2) is 11.3. The quantitative estimate of drug-likeness (QED) is 0.298. The maximum absolute atomic E-state index is 12.4. The number of aromatic amines is 1. The number of rotatable bonds is 8. The summed E-state index contributed by atoms with van der Waals surface area (Å²) in [6.07, 6.45) is 1.49. The number of H-pyrrole nitrogens is 1. The Hall–Kier alpha value is -3.67. The molecule has 9 nitrogen and oxygen atoms in total. The monoisotopic (exact) mass is 570 g/mol. The Kier molecular flexibility index (Phi) is 8.19. The minimum atomic E-state index is -0.578. The number of aromatic nitrogens is 2. The van der Waals surface area contributed by atoms with E-state index in [9.17, 15) is 10.1 Å². The number of anilines is 1. The van der Waals surface area contributed by atoms with Crippen LogP contribution in [0.2, 0.25) is 0 Å². The Labute approximate surface area is 205 Å². The molecule has 1 aromatic heterocycles. The molecule has 0 unspecified atom stereocenters. The van der Waals surface area contributed by atoms with Crippen LogP contribution in [-0.4, -0.2) is 29.4 Å². The summed E-state index contributed by atoms with van der Waals surface area (Å²) in [5.74, 6) is 0.893. The maximum Gasteiger partial charge on any atom is 0.270 e. The van der Waals surface area contributed by atoms with Crippen LogP contribution < -0.4 is 20.5 Å². The summed E-state index contributed by atoms with van der Waals surface area (Å²) in [6, 6.07) is 14.4. The van der Waals surface area contributed by atoms with Crippen molar-refractivity contribution < 1.29 is 9.47 Å². The highest BCUT2D eigenvalue weighted by Gasteiger charge is 2.17. The molecule has 0 saturated carbocycles. The molecule has 3 rings (SSSR count). The first-order chi connectivity index (χ1) is 16.0. The van der Waals surface area contributed by atoms with E-state index < -0.39 is 5.56 Å². The average molecular weight is 572 g/mol. The first kappa shape index (κ1) is 24.0. The van der Waals surface area contributed by atoms with Gasteiger partial charge in [0.25, 0.3) is 5.56 Å². The minimum Gasteiger partial charge on any atom is -0.490 e. The number of nitrogens with zero attached hydrogens (tertiary/aromatic N) is 4. The third kappa shape index (κ3) is 5.58. The molecule has 0 spiro atoms. The van der Waals surface area contributed by atoms with Gasteiger partial charge in [-0.3, -0.25) is 9.78 Å². The number of benzene rings is 2. The zero-order chi connectivity index (χ0) is 23.8. The molecule has 0 aliphatic heterocycles. The summed E-state index contributed by atoms with van der Waals surface area (Å²) in [7, 11) is 0. The Morgan fingerprint density at radius 2 is 1.97 bits per heavy atom. The standard InChI is InChI=1S/C22H16Br2N6O3/c1-2-32-16-10-14(17(23)18(24)20(16)33-9-8-25)12-27-30-22-28-19(13-6-4-3-5-7-13)15(11-26)21(31)29-22/h3-7,10,12H,2,9H2,1H3,(H2,28,29,30,31). The van der Waals surface area contributed by atoms with Gasteiger partial charge in [0.2, 0.25) is 5.95 Å². The third-order valence-electron chi connectivity index (χ3n) is 4.19. The van der Waals surface area contributed by atoms with Gasteiger partial charge in [-0.1, -0.05) is 30.3 Å². The number of halogens is 2. The van der Waals surface area contributed by atoms with Gasteiger partial charge in [-0.2, -0.15) is 15.6 Å². The lowest BCUT2D eigenvalue weighted by molar-refractivity contribution is 0.297. The summed E-state index contributed by atoms with van der Waals surface area (Å²) in [5, 5.41) is 22.3. The number of hydrogen-bond donors (Lipinski definition) is 2. The van der Waals surface area contributed by atoms with Crippen molar-refractivity contribution in [2.24, 2.45) is 5.10 Å². The molecular formula is C22H16Br2N6O3. The fourth-order valence-corrected chi connectivity index (χ4v) is 3.73. The Morgan fingerprint density at radius 1 is 1.21 bits per heavy atom. The Balaban J connectivity index is 1.93. The zero-order valence-corrected chi connectivity index (χ0v) is 20.4. The summed E-state index contributed by atoms with van der Waals surface area (Å²) in [6.45, 7) is 2.09. The number of nitrogens with one attached hydrogen (secondary N) is 2. The van der Waals surface area contributed by atoms with E-state index >= 15 is 0 Å². The molecule has 0 fully saturated rings. The second-order valence-electron chi connectivity index (χ2n) is 6.29. The predicted octanol–water partition coefficient (Wildman–Crippen LogP) is 4.58. The second-order valence-corrected chi connectivity index (χ2v) is 7.87. The van der Waals surface area contributed by atoms with Crippen molar-refractivity contribution in [1.82, 2.24) is 9.97 Å². The van der Waals surface area contributed by atoms with Gasteiger partial charge in [0, 0.05) is 15.6 Å². The van der Waals surface area contributed by atoms with Crippen LogP contribution in [-0.2, 0) is 0 Å². The molecular weight excluding hydrogens is 556 g/mol. The first-order valence-corrected chi connectivity index (χ1v) is 11.1. The van der Waals surface area contributed by atoms with E-state index in [1.54, 1.807) is 30.3 Å². The van der Waals surface area contributed by atoms with E-state index in [0.717, 1.165) is 0 Å². The van der Waals surface area contributed by atoms with Crippen molar-refractivity contribution in [2.45, 2.75) is 6.92 Å². The number of hydrogen-bond acceptors (Lipinski definition) is 8. The molecule has 3 aromatic rings. The lowest BCUT2D eigenvalue weighted by Crippen LogP contribution is -2.16. The van der Waals surface area contributed by atoms with Crippen LogP contribution in [0, 0.1) is 22.7 Å². The van der Waals surface area contributed by atoms with Gasteiger partial charge in [-0.05, 0) is 44.8 Å². The van der Waals surface area contributed by atoms with Crippen molar-refractivity contribution in [2.75, 3.05) is 18.6 Å². The van der Waals surface area contributed by atoms with E-state index in [0.29, 0.717) is 38.2 Å². The Bertz CT molecular complexity index is 1330. The lowest BCUT2D eigenvalue weighted by Gasteiger charge is -2.14. The third-order valence-corrected chi connectivity index (χ3v) is 6.33. The molecule has 2 N–H and O–H groups in total. The molecule has 0 radical (unpaired) electrons. The van der Waals surface area contributed by atoms with Crippen LogP contribution in [0.25, 0.3) is 11.3 Å². The zero-order valence-electron chi connectivity index (χ0n) is 17.2. The van der Waals surface area contributed by atoms with Gasteiger partial charge in [0.15, 0.2) is 18.1 Å². The molecule has 33 heavy (non-hydrogen) atoms. The van der Waals surface area contributed by atoms with Gasteiger partial charge in [-0.15, -0.1) is 0 Å². The molecule has 0 saturated heterocycles. The number of hydrazone groups is 1. The molecule has 0 bridgehead atoms. The molecule has 0 amide bonds. The van der Waals surface area contributed by atoms with Crippen molar-refractivity contribution >= 4 is 44.0 Å². The first-order valence-electron chi connectivity index (χ1n) is 9.53. The predicted molar refractivity (Wildman–Crippen MR) is 130 cm³/mol. The molecule has 2 aromatic carbocycles. The summed E-state index contributed by atoms with van der Waals surface area (Å²) in [5.41, 5.74) is 3.53. The van der Waals surface area contributed by atoms with E-state index in [4.69, 9.17) is 14.7 Å². The summed E-state index contributed by atoms with van der Waals surface area (Å²) >= 11 is 6.92. The van der Waals surface area contributed by atoms with Gasteiger partial charge >= 0.3 is 0 Å². The fourth-order valence-electron chi connectivity index (χ4n) is 2.80. The van der Waals surface area contributed by atoms with Crippen molar-refractivity contribution in [3.05, 3.63) is 66.8 Å². The van der Waals surface area contributed by atoms with Crippen LogP contribution in [0.1, 0.15) is 18.1 Å². The Morgan fingerprint density at radius 3 is 2.64 bits per heavy atom. The number of ether oxygens (including phenoxy) is 2. The molecule has 11 heteroatoms. The lowest BCUT2D eigenvalue weighted by atomic mass is 10.1. The summed E-state index contributed by atoms with van der Waals surface area (Å²) in [4.78, 5) is 19.2. The smallest absolute Gasteiger partial charge is 0.270 e. The van der Waals surface area contributed by atoms with E-state index in [-0.39, 0.29) is 23.8 Å². The van der Waals surface area contributed by atoms with E-state index in [2.05, 4.69) is 52.4 Å². The van der Waals surface area contributed by atoms with Gasteiger partial charge < -0.3 is 9.47 Å². The minimum absolute atomic E-state index is 0.0725. The molecule has 0 aliphatic rings. The maximum atomic E-state index is 12.4. The largest absolute Gasteiger partial charge is 0.490 e. The van der Waals surface area contributed by atoms with Crippen LogP contribution in [0.3, 0.4) is 0 Å². The van der Waals surface area contributed by atoms with Gasteiger partial charge in [0.1, 0.15) is 17.7 Å². The fraction of sp³-hybridized carbons (Fsp3) is 0.136. The topological polar surface area (TPSA) is 136 Å². The molecule has 166 valence electrons. The SMILES string of the molecule is CCOc1cc(C=NNc2nc(-c3ccccc3)c(C#N)c(=O)[nH]2)c(Br)c(Br)c1OCC#N. The molecule has 0 atom stereocenters. The van der Waals surface area contributed by atoms with Gasteiger partial charge in [0.05, 0.1) is 23.0 Å².